The molecule has 0 atom stereocenters. The summed E-state index contributed by atoms with van der Waals surface area (Å²) < 4.78 is 21.7. The second-order valence-corrected chi connectivity index (χ2v) is 9.36. The largest absolute Gasteiger partial charge is 0.494 e. The van der Waals surface area contributed by atoms with Crippen LogP contribution in [0.4, 0.5) is 10.1 Å². The Morgan fingerprint density at radius 3 is 2.49 bits per heavy atom. The monoisotopic (exact) mass is 518 g/mol. The maximum atomic E-state index is 14.1. The summed E-state index contributed by atoms with van der Waals surface area (Å²) in [7, 11) is 0. The van der Waals surface area contributed by atoms with E-state index in [0.717, 1.165) is 17.0 Å². The molecular weight excluding hydrogens is 491 g/mol. The van der Waals surface area contributed by atoms with Crippen LogP contribution in [-0.2, 0) is 4.79 Å². The summed E-state index contributed by atoms with van der Waals surface area (Å²) in [6.07, 6.45) is 3.45. The van der Waals surface area contributed by atoms with Crippen molar-refractivity contribution in [2.45, 2.75) is 12.1 Å². The van der Waals surface area contributed by atoms with E-state index in [9.17, 15) is 9.18 Å². The second kappa shape index (κ2) is 11.4. The van der Waals surface area contributed by atoms with Crippen LogP contribution in [0.25, 0.3) is 17.1 Å². The molecule has 0 saturated carbocycles. The Labute approximate surface area is 219 Å². The lowest BCUT2D eigenvalue weighted by Gasteiger charge is -2.36. The van der Waals surface area contributed by atoms with Gasteiger partial charge in [-0.05, 0) is 55.5 Å². The highest BCUT2D eigenvalue weighted by atomic mass is 32.2. The van der Waals surface area contributed by atoms with Crippen LogP contribution in [0.3, 0.4) is 0 Å². The van der Waals surface area contributed by atoms with Gasteiger partial charge in [0.2, 0.25) is 5.91 Å². The number of hydrogen-bond acceptors (Lipinski definition) is 7. The molecule has 0 bridgehead atoms. The summed E-state index contributed by atoms with van der Waals surface area (Å²) in [4.78, 5) is 21.1. The third-order valence-electron chi connectivity index (χ3n) is 6.11. The second-order valence-electron chi connectivity index (χ2n) is 8.42. The number of anilines is 1. The molecule has 2 aromatic carbocycles. The average Bonchev–Trinajstić information content (AvgIpc) is 3.37. The van der Waals surface area contributed by atoms with Gasteiger partial charge in [-0.1, -0.05) is 23.9 Å². The first-order chi connectivity index (χ1) is 18.1. The molecule has 0 aliphatic carbocycles. The summed E-state index contributed by atoms with van der Waals surface area (Å²) >= 11 is 1.35. The maximum Gasteiger partial charge on any atom is 0.233 e. The molecule has 190 valence electrons. The van der Waals surface area contributed by atoms with Crippen molar-refractivity contribution in [1.29, 1.82) is 0 Å². The van der Waals surface area contributed by atoms with Crippen molar-refractivity contribution in [3.05, 3.63) is 78.9 Å². The Hall–Kier alpha value is -3.92. The molecule has 8 nitrogen and oxygen atoms in total. The molecule has 1 amide bonds. The van der Waals surface area contributed by atoms with Crippen LogP contribution in [-0.4, -0.2) is 69.1 Å². The van der Waals surface area contributed by atoms with Gasteiger partial charge in [0, 0.05) is 49.8 Å². The lowest BCUT2D eigenvalue weighted by molar-refractivity contribution is -0.128. The number of pyridine rings is 1. The zero-order valence-electron chi connectivity index (χ0n) is 20.5. The first-order valence-corrected chi connectivity index (χ1v) is 13.1. The van der Waals surface area contributed by atoms with Gasteiger partial charge in [0.15, 0.2) is 11.0 Å². The molecule has 1 aliphatic heterocycles. The highest BCUT2D eigenvalue weighted by molar-refractivity contribution is 7.99. The molecule has 4 aromatic rings. The Balaban J connectivity index is 1.30. The van der Waals surface area contributed by atoms with E-state index in [1.165, 1.54) is 17.8 Å². The van der Waals surface area contributed by atoms with Crippen LogP contribution in [0, 0.1) is 5.82 Å². The summed E-state index contributed by atoms with van der Waals surface area (Å²) in [5.41, 5.74) is 2.27. The standard InChI is InChI=1S/C27H27FN6O2S/c1-2-36-22-11-9-21(10-12-22)34-26(20-6-5-13-29-18-20)30-31-27(34)37-19-25(35)33-16-14-32(15-17-33)24-8-4-3-7-23(24)28/h3-13,18H,2,14-17,19H2,1H3. The van der Waals surface area contributed by atoms with Gasteiger partial charge < -0.3 is 14.5 Å². The fourth-order valence-corrected chi connectivity index (χ4v) is 5.11. The number of carbonyl (C=O) groups is 1. The molecule has 1 aliphatic rings. The summed E-state index contributed by atoms with van der Waals surface area (Å²) in [5.74, 6) is 1.42. The number of ether oxygens (including phenoxy) is 1. The maximum absolute atomic E-state index is 14.1. The molecule has 37 heavy (non-hydrogen) atoms. The van der Waals surface area contributed by atoms with E-state index < -0.39 is 0 Å². The highest BCUT2D eigenvalue weighted by Gasteiger charge is 2.24. The summed E-state index contributed by atoms with van der Waals surface area (Å²) in [5, 5.41) is 9.43. The van der Waals surface area contributed by atoms with E-state index in [0.29, 0.717) is 49.5 Å². The van der Waals surface area contributed by atoms with Crippen LogP contribution in [0.1, 0.15) is 6.92 Å². The predicted molar refractivity (Wildman–Crippen MR) is 142 cm³/mol. The van der Waals surface area contributed by atoms with Crippen molar-refractivity contribution in [2.75, 3.05) is 43.4 Å². The Morgan fingerprint density at radius 2 is 1.78 bits per heavy atom. The lowest BCUT2D eigenvalue weighted by atomic mass is 10.2. The Bertz CT molecular complexity index is 1340. The number of benzene rings is 2. The fraction of sp³-hybridized carbons (Fsp3) is 0.259. The number of piperazine rings is 1. The van der Waals surface area contributed by atoms with Gasteiger partial charge in [-0.15, -0.1) is 10.2 Å². The molecule has 1 saturated heterocycles. The smallest absolute Gasteiger partial charge is 0.233 e. The van der Waals surface area contributed by atoms with Gasteiger partial charge in [-0.2, -0.15) is 0 Å². The normalized spacial score (nSPS) is 13.6. The van der Waals surface area contributed by atoms with Crippen LogP contribution >= 0.6 is 11.8 Å². The SMILES string of the molecule is CCOc1ccc(-n2c(SCC(=O)N3CCN(c4ccccc4F)CC3)nnc2-c2cccnc2)cc1. The third kappa shape index (κ3) is 5.59. The van der Waals surface area contributed by atoms with E-state index >= 15 is 0 Å². The molecule has 10 heteroatoms. The van der Waals surface area contributed by atoms with Gasteiger partial charge in [0.05, 0.1) is 18.0 Å². The zero-order chi connectivity index (χ0) is 25.6. The number of para-hydroxylation sites is 1. The number of amides is 1. The van der Waals surface area contributed by atoms with Gasteiger partial charge in [-0.25, -0.2) is 4.39 Å². The number of aromatic nitrogens is 4. The lowest BCUT2D eigenvalue weighted by Crippen LogP contribution is -2.49. The van der Waals surface area contributed by atoms with Gasteiger partial charge in [0.1, 0.15) is 11.6 Å². The van der Waals surface area contributed by atoms with E-state index in [2.05, 4.69) is 15.2 Å². The number of hydrogen-bond donors (Lipinski definition) is 0. The summed E-state index contributed by atoms with van der Waals surface area (Å²) in [6, 6.07) is 18.2. The molecule has 5 rings (SSSR count). The average molecular weight is 519 g/mol. The number of carbonyl (C=O) groups excluding carboxylic acids is 1. The fourth-order valence-electron chi connectivity index (χ4n) is 4.26. The van der Waals surface area contributed by atoms with Gasteiger partial charge in [-0.3, -0.25) is 14.3 Å². The van der Waals surface area contributed by atoms with Crippen molar-refractivity contribution in [2.24, 2.45) is 0 Å². The number of nitrogens with zero attached hydrogens (tertiary/aromatic N) is 6. The minimum absolute atomic E-state index is 0.0161. The molecule has 0 spiro atoms. The Morgan fingerprint density at radius 1 is 1.00 bits per heavy atom. The van der Waals surface area contributed by atoms with Crippen LogP contribution < -0.4 is 9.64 Å². The minimum Gasteiger partial charge on any atom is -0.494 e. The van der Waals surface area contributed by atoms with Crippen LogP contribution in [0.2, 0.25) is 0 Å². The minimum atomic E-state index is -0.240. The van der Waals surface area contributed by atoms with Gasteiger partial charge >= 0.3 is 0 Å². The number of rotatable bonds is 8. The van der Waals surface area contributed by atoms with Crippen LogP contribution in [0.15, 0.2) is 78.2 Å². The predicted octanol–water partition coefficient (Wildman–Crippen LogP) is 4.31. The zero-order valence-corrected chi connectivity index (χ0v) is 21.3. The first-order valence-electron chi connectivity index (χ1n) is 12.1. The topological polar surface area (TPSA) is 76.4 Å². The van der Waals surface area contributed by atoms with Crippen molar-refractivity contribution in [3.63, 3.8) is 0 Å². The quantitative estimate of drug-likeness (QED) is 0.322. The molecule has 0 N–H and O–H groups in total. The molecule has 0 radical (unpaired) electrons. The van der Waals surface area contributed by atoms with Gasteiger partial charge in [0.25, 0.3) is 0 Å². The van der Waals surface area contributed by atoms with Crippen molar-refractivity contribution in [1.82, 2.24) is 24.6 Å². The van der Waals surface area contributed by atoms with Crippen molar-refractivity contribution < 1.29 is 13.9 Å². The third-order valence-corrected chi connectivity index (χ3v) is 7.02. The van der Waals surface area contributed by atoms with E-state index in [-0.39, 0.29) is 17.5 Å². The molecule has 1 fully saturated rings. The molecule has 3 heterocycles. The number of thioether (sulfide) groups is 1. The highest BCUT2D eigenvalue weighted by Crippen LogP contribution is 2.29. The van der Waals surface area contributed by atoms with Crippen molar-refractivity contribution in [3.8, 4) is 22.8 Å². The number of halogens is 1. The Kier molecular flexibility index (Phi) is 7.65. The van der Waals surface area contributed by atoms with Crippen molar-refractivity contribution >= 4 is 23.4 Å². The molecular formula is C27H27FN6O2S. The first kappa shape index (κ1) is 24.8. The molecule has 2 aromatic heterocycles. The molecule has 0 unspecified atom stereocenters. The van der Waals surface area contributed by atoms with E-state index in [1.54, 1.807) is 24.5 Å². The summed E-state index contributed by atoms with van der Waals surface area (Å²) in [6.45, 7) is 4.79. The van der Waals surface area contributed by atoms with Crippen LogP contribution in [0.5, 0.6) is 5.75 Å². The van der Waals surface area contributed by atoms with E-state index in [4.69, 9.17) is 4.74 Å². The van der Waals surface area contributed by atoms with E-state index in [1.807, 2.05) is 63.8 Å².